The van der Waals surface area contributed by atoms with Crippen molar-refractivity contribution in [3.63, 3.8) is 0 Å². The summed E-state index contributed by atoms with van der Waals surface area (Å²) < 4.78 is 0. The van der Waals surface area contributed by atoms with Crippen LogP contribution < -0.4 is 0 Å². The molecule has 12 heteroatoms. The van der Waals surface area contributed by atoms with Crippen molar-refractivity contribution in [1.82, 2.24) is 39.5 Å². The summed E-state index contributed by atoms with van der Waals surface area (Å²) in [6, 6.07) is 8.62. The van der Waals surface area contributed by atoms with Crippen LogP contribution in [0.15, 0.2) is 97.7 Å². The zero-order valence-corrected chi connectivity index (χ0v) is 36.3. The second-order valence-corrected chi connectivity index (χ2v) is 16.7. The van der Waals surface area contributed by atoms with Crippen molar-refractivity contribution in [1.29, 1.82) is 0 Å². The number of allylic oxidation sites excluding steroid dienone is 8. The Morgan fingerprint density at radius 2 is 0.625 bits per heavy atom. The van der Waals surface area contributed by atoms with E-state index in [1.807, 2.05) is 0 Å². The summed E-state index contributed by atoms with van der Waals surface area (Å²) >= 11 is 0. The first-order chi connectivity index (χ1) is 31.5. The molecule has 0 saturated heterocycles. The lowest BCUT2D eigenvalue weighted by molar-refractivity contribution is 0.264. The van der Waals surface area contributed by atoms with Crippen molar-refractivity contribution in [3.05, 3.63) is 143 Å². The average Bonchev–Trinajstić information content (AvgIpc) is 4.19. The zero-order valence-electron chi connectivity index (χ0n) is 36.3. The minimum atomic E-state index is 0.154. The fourth-order valence-corrected chi connectivity index (χ4v) is 9.04. The number of H-pyrrole nitrogens is 2. The average molecular weight is 859 g/mol. The molecule has 0 aromatic carbocycles. The van der Waals surface area contributed by atoms with E-state index in [0.29, 0.717) is 25.7 Å². The molecule has 3 aromatic rings. The van der Waals surface area contributed by atoms with Gasteiger partial charge >= 0.3 is 0 Å². The van der Waals surface area contributed by atoms with Crippen LogP contribution in [0.2, 0.25) is 0 Å². The molecule has 9 rings (SSSR count). The van der Waals surface area contributed by atoms with Crippen molar-refractivity contribution in [2.75, 3.05) is 78.8 Å². The Hall–Kier alpha value is -6.44. The van der Waals surface area contributed by atoms with Crippen LogP contribution in [0.5, 0.6) is 0 Å². The third kappa shape index (κ3) is 9.27. The van der Waals surface area contributed by atoms with E-state index in [1.54, 1.807) is 0 Å². The van der Waals surface area contributed by atoms with Crippen LogP contribution in [-0.4, -0.2) is 139 Å². The highest BCUT2D eigenvalue weighted by Crippen LogP contribution is 2.37. The number of hydrogen-bond donors (Lipinski definition) is 6. The molecule has 0 radical (unpaired) electrons. The summed E-state index contributed by atoms with van der Waals surface area (Å²) in [4.78, 5) is 27.5. The number of nitrogens with one attached hydrogen (secondary N) is 2. The molecule has 6 aliphatic heterocycles. The van der Waals surface area contributed by atoms with E-state index in [-0.39, 0.29) is 26.4 Å². The SMILES string of the molecule is OCCCN1C=CC(c2c3nc(c(C4=CCN(CCCO)C=C4)c4ccc([nH]4)c(C4=CCN(CCCO)C=C4)c4nc(c(C5=CCN(CCCO)C=C5)c5ccc2[nH]5)C=C4)C=C3)=CC1. The molecule has 6 N–H and O–H groups in total. The van der Waals surface area contributed by atoms with Gasteiger partial charge in [-0.3, -0.25) is 0 Å². The molecule has 12 nitrogen and oxygen atoms in total. The number of rotatable bonds is 16. The maximum atomic E-state index is 9.53. The molecule has 330 valence electrons. The smallest absolute Gasteiger partial charge is 0.0737 e. The topological polar surface area (TPSA) is 151 Å². The van der Waals surface area contributed by atoms with Gasteiger partial charge in [-0.1, -0.05) is 24.3 Å². The summed E-state index contributed by atoms with van der Waals surface area (Å²) in [6.07, 6.45) is 37.4. The quantitative estimate of drug-likeness (QED) is 0.0611. The highest BCUT2D eigenvalue weighted by atomic mass is 16.3. The molecular weight excluding hydrogens is 801 g/mol. The van der Waals surface area contributed by atoms with Crippen molar-refractivity contribution >= 4 is 68.7 Å². The van der Waals surface area contributed by atoms with Gasteiger partial charge in [-0.15, -0.1) is 0 Å². The minimum absolute atomic E-state index is 0.154. The summed E-state index contributed by atoms with van der Waals surface area (Å²) in [5.74, 6) is 0. The van der Waals surface area contributed by atoms with Gasteiger partial charge in [0.2, 0.25) is 0 Å². The van der Waals surface area contributed by atoms with Crippen LogP contribution in [0.4, 0.5) is 0 Å². The van der Waals surface area contributed by atoms with Crippen molar-refractivity contribution in [2.45, 2.75) is 25.7 Å². The summed E-state index contributed by atoms with van der Waals surface area (Å²) in [6.45, 7) is 6.59. The molecule has 0 unspecified atom stereocenters. The first-order valence-corrected chi connectivity index (χ1v) is 22.6. The molecule has 0 fully saturated rings. The molecule has 6 aliphatic rings. The number of fused-ring (bicyclic) bond motifs is 8. The van der Waals surface area contributed by atoms with Gasteiger partial charge in [0, 0.05) is 123 Å². The predicted molar refractivity (Wildman–Crippen MR) is 260 cm³/mol. The Bertz CT molecular complexity index is 2360. The fourth-order valence-electron chi connectivity index (χ4n) is 9.04. The largest absolute Gasteiger partial charge is 0.396 e. The van der Waals surface area contributed by atoms with Gasteiger partial charge in [-0.05, 0) is 146 Å². The Labute approximate surface area is 374 Å². The number of hydrogen-bond acceptors (Lipinski definition) is 10. The van der Waals surface area contributed by atoms with Gasteiger partial charge < -0.3 is 50.0 Å². The van der Waals surface area contributed by atoms with Gasteiger partial charge in [-0.25, -0.2) is 9.97 Å². The molecule has 0 saturated carbocycles. The van der Waals surface area contributed by atoms with Crippen LogP contribution in [0, 0.1) is 0 Å². The number of aliphatic hydroxyl groups excluding tert-OH is 4. The van der Waals surface area contributed by atoms with E-state index >= 15 is 0 Å². The number of aromatic nitrogens is 4. The Balaban J connectivity index is 1.30. The molecule has 0 amide bonds. The molecule has 0 spiro atoms. The van der Waals surface area contributed by atoms with Gasteiger partial charge in [0.05, 0.1) is 22.8 Å². The second-order valence-electron chi connectivity index (χ2n) is 16.7. The van der Waals surface area contributed by atoms with E-state index in [0.717, 1.165) is 142 Å². The Morgan fingerprint density at radius 3 is 0.828 bits per heavy atom. The maximum Gasteiger partial charge on any atom is 0.0737 e. The lowest BCUT2D eigenvalue weighted by Gasteiger charge is -2.23. The monoisotopic (exact) mass is 858 g/mol. The number of aromatic amines is 2. The highest BCUT2D eigenvalue weighted by Gasteiger charge is 2.22. The third-order valence-corrected chi connectivity index (χ3v) is 12.4. The predicted octanol–water partition coefficient (Wildman–Crippen LogP) is 7.04. The molecular formula is C52H58N8O4. The fraction of sp³-hybridized carbons (Fsp3) is 0.308. The van der Waals surface area contributed by atoms with Crippen LogP contribution in [0.1, 0.15) is 70.7 Å². The second kappa shape index (κ2) is 19.9. The third-order valence-electron chi connectivity index (χ3n) is 12.4. The molecule has 9 heterocycles. The van der Waals surface area contributed by atoms with Gasteiger partial charge in [0.25, 0.3) is 0 Å². The van der Waals surface area contributed by atoms with Crippen LogP contribution in [0.25, 0.3) is 68.7 Å². The van der Waals surface area contributed by atoms with E-state index in [4.69, 9.17) is 9.97 Å². The lowest BCUT2D eigenvalue weighted by Crippen LogP contribution is -2.21. The molecule has 0 aliphatic carbocycles. The van der Waals surface area contributed by atoms with Crippen LogP contribution in [-0.2, 0) is 0 Å². The number of aliphatic hydroxyl groups is 4. The van der Waals surface area contributed by atoms with Gasteiger partial charge in [-0.2, -0.15) is 0 Å². The minimum Gasteiger partial charge on any atom is -0.396 e. The van der Waals surface area contributed by atoms with Gasteiger partial charge in [0.1, 0.15) is 0 Å². The van der Waals surface area contributed by atoms with Crippen molar-refractivity contribution < 1.29 is 20.4 Å². The molecule has 3 aromatic heterocycles. The standard InChI is InChI=1S/C52H58N8O4/c61-33-1-21-57-25-13-37(14-26-57)49-41-5-7-43(53-41)50(38-15-27-58(28-16-38)22-2-34-62)45-9-11-47(55-45)52(40-19-31-60(32-20-40)24-4-36-64)48-12-10-46(56-48)51(44-8-6-42(49)54-44)39-17-29-59(30-18-39)23-3-35-63/h5-20,25,27,29,31,53,56,61-64H,1-4,21-24,26,28,30,32-36H2. The van der Waals surface area contributed by atoms with Crippen LogP contribution in [0.3, 0.4) is 0 Å². The van der Waals surface area contributed by atoms with E-state index in [2.05, 4.69) is 152 Å². The zero-order chi connectivity index (χ0) is 43.8. The Morgan fingerprint density at radius 1 is 0.375 bits per heavy atom. The highest BCUT2D eigenvalue weighted by molar-refractivity contribution is 5.99. The normalized spacial score (nSPS) is 16.8. The lowest BCUT2D eigenvalue weighted by atomic mass is 10.0. The van der Waals surface area contributed by atoms with Crippen LogP contribution >= 0.6 is 0 Å². The van der Waals surface area contributed by atoms with E-state index in [1.165, 1.54) is 0 Å². The summed E-state index contributed by atoms with van der Waals surface area (Å²) in [5.41, 5.74) is 15.4. The first-order valence-electron chi connectivity index (χ1n) is 22.6. The number of nitrogens with zero attached hydrogens (tertiary/aromatic N) is 6. The van der Waals surface area contributed by atoms with Crippen molar-refractivity contribution in [2.24, 2.45) is 0 Å². The molecule has 0 atom stereocenters. The summed E-state index contributed by atoms with van der Waals surface area (Å²) in [7, 11) is 0. The van der Waals surface area contributed by atoms with E-state index in [9.17, 15) is 20.4 Å². The van der Waals surface area contributed by atoms with Gasteiger partial charge in [0.15, 0.2) is 0 Å². The first kappa shape index (κ1) is 42.8. The molecule has 8 bridgehead atoms. The van der Waals surface area contributed by atoms with Crippen molar-refractivity contribution in [3.8, 4) is 0 Å². The maximum absolute atomic E-state index is 9.53. The molecule has 64 heavy (non-hydrogen) atoms. The Kier molecular flexibility index (Phi) is 13.4. The summed E-state index contributed by atoms with van der Waals surface area (Å²) in [5, 5.41) is 38.1. The van der Waals surface area contributed by atoms with E-state index < -0.39 is 0 Å².